The number of nitrogens with zero attached hydrogens (tertiary/aromatic N) is 2. The van der Waals surface area contributed by atoms with E-state index in [1.165, 1.54) is 0 Å². The monoisotopic (exact) mass is 344 g/mol. The molecular formula is C19H21ClN2O2. The molecular weight excluding hydrogens is 324 g/mol. The van der Waals surface area contributed by atoms with Gasteiger partial charge in [0.25, 0.3) is 5.91 Å². The Morgan fingerprint density at radius 2 is 1.96 bits per heavy atom. The van der Waals surface area contributed by atoms with Gasteiger partial charge in [0.05, 0.1) is 6.61 Å². The molecule has 1 aromatic heterocycles. The fourth-order valence-corrected chi connectivity index (χ4v) is 3.20. The van der Waals surface area contributed by atoms with Crippen LogP contribution in [0.5, 0.6) is 5.75 Å². The molecule has 1 aromatic carbocycles. The Balaban J connectivity index is 1.43. The Morgan fingerprint density at radius 3 is 2.67 bits per heavy atom. The second-order valence-corrected chi connectivity index (χ2v) is 6.50. The first-order chi connectivity index (χ1) is 11.7. The third-order valence-electron chi connectivity index (χ3n) is 4.42. The van der Waals surface area contributed by atoms with Crippen molar-refractivity contribution in [3.05, 3.63) is 59.4 Å². The van der Waals surface area contributed by atoms with Crippen molar-refractivity contribution in [2.24, 2.45) is 5.92 Å². The first kappa shape index (κ1) is 16.8. The van der Waals surface area contributed by atoms with Gasteiger partial charge in [-0.15, -0.1) is 0 Å². The largest absolute Gasteiger partial charge is 0.493 e. The van der Waals surface area contributed by atoms with Crippen LogP contribution in [0.4, 0.5) is 0 Å². The zero-order valence-electron chi connectivity index (χ0n) is 13.5. The third-order valence-corrected chi connectivity index (χ3v) is 4.65. The van der Waals surface area contributed by atoms with Crippen molar-refractivity contribution in [2.75, 3.05) is 19.7 Å². The Bertz CT molecular complexity index is 670. The molecule has 0 atom stereocenters. The summed E-state index contributed by atoms with van der Waals surface area (Å²) in [6, 6.07) is 10.9. The highest BCUT2D eigenvalue weighted by Gasteiger charge is 2.23. The van der Waals surface area contributed by atoms with E-state index in [9.17, 15) is 4.79 Å². The minimum atomic E-state index is 0.0731. The Kier molecular flexibility index (Phi) is 5.70. The van der Waals surface area contributed by atoms with Gasteiger partial charge in [0.15, 0.2) is 0 Å². The number of halogens is 1. The molecule has 1 aliphatic heterocycles. The molecule has 0 aliphatic carbocycles. The van der Waals surface area contributed by atoms with Crippen molar-refractivity contribution in [1.82, 2.24) is 9.88 Å². The predicted octanol–water partition coefficient (Wildman–Crippen LogP) is 4.06. The standard InChI is InChI=1S/C19H21ClN2O2/c20-17-3-1-2-16(14-17)19(23)22-11-6-15(7-12-22)8-13-24-18-4-9-21-10-5-18/h1-5,9-10,14-15H,6-8,11-13H2. The van der Waals surface area contributed by atoms with Gasteiger partial charge in [0.1, 0.15) is 5.75 Å². The van der Waals surface area contributed by atoms with Crippen LogP contribution in [0.1, 0.15) is 29.6 Å². The summed E-state index contributed by atoms with van der Waals surface area (Å²) in [5, 5.41) is 0.601. The van der Waals surface area contributed by atoms with Crippen LogP contribution in [-0.4, -0.2) is 35.5 Å². The van der Waals surface area contributed by atoms with Crippen molar-refractivity contribution >= 4 is 17.5 Å². The number of benzene rings is 1. The highest BCUT2D eigenvalue weighted by Crippen LogP contribution is 2.23. The van der Waals surface area contributed by atoms with Crippen LogP contribution in [0.15, 0.2) is 48.8 Å². The number of pyridine rings is 1. The molecule has 1 amide bonds. The molecule has 0 bridgehead atoms. The summed E-state index contributed by atoms with van der Waals surface area (Å²) in [4.78, 5) is 18.4. The normalized spacial score (nSPS) is 15.3. The average molecular weight is 345 g/mol. The van der Waals surface area contributed by atoms with E-state index in [0.717, 1.165) is 38.1 Å². The van der Waals surface area contributed by atoms with Gasteiger partial charge in [0, 0.05) is 36.1 Å². The quantitative estimate of drug-likeness (QED) is 0.821. The van der Waals surface area contributed by atoms with Crippen molar-refractivity contribution < 1.29 is 9.53 Å². The summed E-state index contributed by atoms with van der Waals surface area (Å²) in [6.45, 7) is 2.30. The summed E-state index contributed by atoms with van der Waals surface area (Å²) >= 11 is 5.97. The first-order valence-electron chi connectivity index (χ1n) is 8.30. The molecule has 0 N–H and O–H groups in total. The molecule has 3 rings (SSSR count). The van der Waals surface area contributed by atoms with Crippen LogP contribution in [-0.2, 0) is 0 Å². The number of hydrogen-bond acceptors (Lipinski definition) is 3. The number of amides is 1. The SMILES string of the molecule is O=C(c1cccc(Cl)c1)N1CCC(CCOc2ccncc2)CC1. The van der Waals surface area contributed by atoms with Gasteiger partial charge in [-0.25, -0.2) is 0 Å². The second-order valence-electron chi connectivity index (χ2n) is 6.07. The van der Waals surface area contributed by atoms with E-state index < -0.39 is 0 Å². The van der Waals surface area contributed by atoms with E-state index in [1.807, 2.05) is 29.2 Å². The van der Waals surface area contributed by atoms with E-state index in [2.05, 4.69) is 4.98 Å². The fraction of sp³-hybridized carbons (Fsp3) is 0.368. The van der Waals surface area contributed by atoms with Gasteiger partial charge in [-0.3, -0.25) is 9.78 Å². The van der Waals surface area contributed by atoms with Crippen molar-refractivity contribution in [2.45, 2.75) is 19.3 Å². The van der Waals surface area contributed by atoms with Crippen molar-refractivity contribution in [3.63, 3.8) is 0 Å². The van der Waals surface area contributed by atoms with Crippen molar-refractivity contribution in [3.8, 4) is 5.75 Å². The number of piperidine rings is 1. The van der Waals surface area contributed by atoms with Gasteiger partial charge >= 0.3 is 0 Å². The third kappa shape index (κ3) is 4.48. The minimum Gasteiger partial charge on any atom is -0.493 e. The molecule has 0 spiro atoms. The molecule has 1 fully saturated rings. The maximum Gasteiger partial charge on any atom is 0.253 e. The molecule has 0 unspecified atom stereocenters. The molecule has 1 aliphatic rings. The highest BCUT2D eigenvalue weighted by atomic mass is 35.5. The summed E-state index contributed by atoms with van der Waals surface area (Å²) < 4.78 is 5.73. The van der Waals surface area contributed by atoms with Crippen LogP contribution >= 0.6 is 11.6 Å². The van der Waals surface area contributed by atoms with E-state index >= 15 is 0 Å². The lowest BCUT2D eigenvalue weighted by atomic mass is 9.93. The van der Waals surface area contributed by atoms with Gasteiger partial charge in [0.2, 0.25) is 0 Å². The topological polar surface area (TPSA) is 42.4 Å². The lowest BCUT2D eigenvalue weighted by Crippen LogP contribution is -2.38. The molecule has 1 saturated heterocycles. The molecule has 126 valence electrons. The lowest BCUT2D eigenvalue weighted by Gasteiger charge is -2.32. The fourth-order valence-electron chi connectivity index (χ4n) is 3.01. The number of ether oxygens (including phenoxy) is 1. The Morgan fingerprint density at radius 1 is 1.21 bits per heavy atom. The Labute approximate surface area is 147 Å². The van der Waals surface area contributed by atoms with Gasteiger partial charge in [-0.05, 0) is 55.5 Å². The zero-order valence-corrected chi connectivity index (χ0v) is 14.3. The summed E-state index contributed by atoms with van der Waals surface area (Å²) in [5.41, 5.74) is 0.668. The van der Waals surface area contributed by atoms with E-state index in [0.29, 0.717) is 23.1 Å². The van der Waals surface area contributed by atoms with Crippen LogP contribution in [0.25, 0.3) is 0 Å². The maximum atomic E-state index is 12.5. The Hall–Kier alpha value is -2.07. The average Bonchev–Trinajstić information content (AvgIpc) is 2.63. The van der Waals surface area contributed by atoms with E-state index in [4.69, 9.17) is 16.3 Å². The van der Waals surface area contributed by atoms with E-state index in [1.54, 1.807) is 24.5 Å². The zero-order chi connectivity index (χ0) is 16.8. The molecule has 24 heavy (non-hydrogen) atoms. The van der Waals surface area contributed by atoms with Gasteiger partial charge in [-0.1, -0.05) is 17.7 Å². The minimum absolute atomic E-state index is 0.0731. The van der Waals surface area contributed by atoms with E-state index in [-0.39, 0.29) is 5.91 Å². The second kappa shape index (κ2) is 8.15. The maximum absolute atomic E-state index is 12.5. The molecule has 0 radical (unpaired) electrons. The summed E-state index contributed by atoms with van der Waals surface area (Å²) in [6.07, 6.45) is 6.52. The molecule has 0 saturated carbocycles. The number of rotatable bonds is 5. The van der Waals surface area contributed by atoms with Crippen LogP contribution in [0.3, 0.4) is 0 Å². The summed E-state index contributed by atoms with van der Waals surface area (Å²) in [5.74, 6) is 1.54. The molecule has 4 nitrogen and oxygen atoms in total. The molecule has 2 aromatic rings. The number of likely N-dealkylation sites (tertiary alicyclic amines) is 1. The van der Waals surface area contributed by atoms with Crippen molar-refractivity contribution in [1.29, 1.82) is 0 Å². The number of hydrogen-bond donors (Lipinski definition) is 0. The summed E-state index contributed by atoms with van der Waals surface area (Å²) in [7, 11) is 0. The van der Waals surface area contributed by atoms with Gasteiger partial charge < -0.3 is 9.64 Å². The molecule has 5 heteroatoms. The predicted molar refractivity (Wildman–Crippen MR) is 94.4 cm³/mol. The lowest BCUT2D eigenvalue weighted by molar-refractivity contribution is 0.0680. The molecule has 2 heterocycles. The number of carbonyl (C=O) groups is 1. The first-order valence-corrected chi connectivity index (χ1v) is 8.68. The van der Waals surface area contributed by atoms with Gasteiger partial charge in [-0.2, -0.15) is 0 Å². The smallest absolute Gasteiger partial charge is 0.253 e. The highest BCUT2D eigenvalue weighted by molar-refractivity contribution is 6.30. The van der Waals surface area contributed by atoms with Crippen LogP contribution < -0.4 is 4.74 Å². The number of aromatic nitrogens is 1. The van der Waals surface area contributed by atoms with Crippen LogP contribution in [0, 0.1) is 5.92 Å². The number of carbonyl (C=O) groups excluding carboxylic acids is 1. The van der Waals surface area contributed by atoms with Crippen LogP contribution in [0.2, 0.25) is 5.02 Å².